The van der Waals surface area contributed by atoms with E-state index in [1.54, 1.807) is 18.2 Å². The van der Waals surface area contributed by atoms with Gasteiger partial charge in [0.15, 0.2) is 0 Å². The molecule has 1 radical (unpaired) electrons. The number of aryl methyl sites for hydroxylation is 1. The average molecular weight is 192 g/mol. The van der Waals surface area contributed by atoms with E-state index in [1.165, 1.54) is 17.4 Å². The van der Waals surface area contributed by atoms with Gasteiger partial charge in [-0.05, 0) is 13.0 Å². The highest BCUT2D eigenvalue weighted by Crippen LogP contribution is 2.26. The van der Waals surface area contributed by atoms with Crippen molar-refractivity contribution in [3.05, 3.63) is 41.3 Å². The van der Waals surface area contributed by atoms with Crippen molar-refractivity contribution in [2.75, 3.05) is 0 Å². The summed E-state index contributed by atoms with van der Waals surface area (Å²) in [6.07, 6.45) is 2.79. The summed E-state index contributed by atoms with van der Waals surface area (Å²) >= 11 is 1.45. The maximum Gasteiger partial charge on any atom is 0.131 e. The van der Waals surface area contributed by atoms with E-state index >= 15 is 0 Å². The second-order valence-electron chi connectivity index (χ2n) is 2.65. The molecule has 0 unspecified atom stereocenters. The Morgan fingerprint density at radius 2 is 2.15 bits per heavy atom. The Kier molecular flexibility index (Phi) is 2.10. The van der Waals surface area contributed by atoms with Crippen LogP contribution in [0.5, 0.6) is 0 Å². The first-order chi connectivity index (χ1) is 6.27. The smallest absolute Gasteiger partial charge is 0.131 e. The standard InChI is InChI=1S/C10H7FNS/c1-7-12-6-10(13-7)8-4-2-3-5-9(8)11/h2-5H,1H3. The van der Waals surface area contributed by atoms with E-state index in [0.717, 1.165) is 9.88 Å². The number of hydrogen-bond donors (Lipinski definition) is 0. The molecule has 3 heteroatoms. The van der Waals surface area contributed by atoms with Gasteiger partial charge in [0.1, 0.15) is 12.0 Å². The van der Waals surface area contributed by atoms with Crippen LogP contribution in [0, 0.1) is 18.9 Å². The molecule has 0 aliphatic rings. The van der Waals surface area contributed by atoms with Gasteiger partial charge in [0.2, 0.25) is 0 Å². The lowest BCUT2D eigenvalue weighted by Crippen LogP contribution is -1.78. The molecule has 1 aromatic carbocycles. The molecular weight excluding hydrogens is 185 g/mol. The molecule has 0 spiro atoms. The van der Waals surface area contributed by atoms with Crippen LogP contribution in [0.1, 0.15) is 5.01 Å². The summed E-state index contributed by atoms with van der Waals surface area (Å²) in [5, 5.41) is 0.901. The van der Waals surface area contributed by atoms with Crippen LogP contribution in [0.4, 0.5) is 4.39 Å². The molecule has 1 heterocycles. The third-order valence-electron chi connectivity index (χ3n) is 1.68. The Hall–Kier alpha value is -1.22. The first-order valence-corrected chi connectivity index (χ1v) is 4.69. The van der Waals surface area contributed by atoms with Gasteiger partial charge in [0.25, 0.3) is 0 Å². The molecule has 0 aliphatic heterocycles. The van der Waals surface area contributed by atoms with Crippen molar-refractivity contribution in [1.29, 1.82) is 0 Å². The van der Waals surface area contributed by atoms with Crippen LogP contribution < -0.4 is 0 Å². The Balaban J connectivity index is 2.52. The van der Waals surface area contributed by atoms with Gasteiger partial charge in [-0.1, -0.05) is 18.2 Å². The quantitative estimate of drug-likeness (QED) is 0.676. The fourth-order valence-electron chi connectivity index (χ4n) is 1.08. The third kappa shape index (κ3) is 1.60. The predicted molar refractivity (Wildman–Crippen MR) is 51.1 cm³/mol. The summed E-state index contributed by atoms with van der Waals surface area (Å²) in [5.41, 5.74) is 0.577. The lowest BCUT2D eigenvalue weighted by molar-refractivity contribution is 0.631. The van der Waals surface area contributed by atoms with Crippen LogP contribution in [0.2, 0.25) is 0 Å². The van der Waals surface area contributed by atoms with E-state index in [-0.39, 0.29) is 5.82 Å². The van der Waals surface area contributed by atoms with Crippen LogP contribution in [0.25, 0.3) is 10.4 Å². The topological polar surface area (TPSA) is 12.9 Å². The molecule has 2 aromatic rings. The molecule has 13 heavy (non-hydrogen) atoms. The number of aromatic nitrogens is 1. The van der Waals surface area contributed by atoms with Crippen molar-refractivity contribution in [2.24, 2.45) is 0 Å². The molecule has 2 rings (SSSR count). The van der Waals surface area contributed by atoms with Crippen molar-refractivity contribution in [3.63, 3.8) is 0 Å². The van der Waals surface area contributed by atoms with Crippen LogP contribution >= 0.6 is 11.3 Å². The zero-order chi connectivity index (χ0) is 9.26. The van der Waals surface area contributed by atoms with Gasteiger partial charge < -0.3 is 0 Å². The van der Waals surface area contributed by atoms with Crippen LogP contribution in [0.15, 0.2) is 24.3 Å². The second-order valence-corrected chi connectivity index (χ2v) is 3.86. The second kappa shape index (κ2) is 3.26. The van der Waals surface area contributed by atoms with E-state index < -0.39 is 0 Å². The van der Waals surface area contributed by atoms with E-state index in [9.17, 15) is 4.39 Å². The minimum Gasteiger partial charge on any atom is -0.239 e. The van der Waals surface area contributed by atoms with E-state index in [2.05, 4.69) is 11.2 Å². The van der Waals surface area contributed by atoms with Crippen molar-refractivity contribution in [3.8, 4) is 10.4 Å². The molecule has 65 valence electrons. The lowest BCUT2D eigenvalue weighted by Gasteiger charge is -1.96. The Bertz CT molecular complexity index is 422. The van der Waals surface area contributed by atoms with Crippen molar-refractivity contribution in [2.45, 2.75) is 6.92 Å². The zero-order valence-electron chi connectivity index (χ0n) is 7.04. The Labute approximate surface area is 79.9 Å². The van der Waals surface area contributed by atoms with Crippen LogP contribution in [-0.4, -0.2) is 4.98 Å². The van der Waals surface area contributed by atoms with Gasteiger partial charge in [-0.3, -0.25) is 0 Å². The minimum absolute atomic E-state index is 0.220. The number of benzene rings is 1. The summed E-state index contributed by atoms with van der Waals surface area (Å²) in [6, 6.07) is 6.66. The van der Waals surface area contributed by atoms with E-state index in [0.29, 0.717) is 5.56 Å². The van der Waals surface area contributed by atoms with Crippen LogP contribution in [0.3, 0.4) is 0 Å². The van der Waals surface area contributed by atoms with Crippen LogP contribution in [-0.2, 0) is 0 Å². The van der Waals surface area contributed by atoms with Crippen molar-refractivity contribution in [1.82, 2.24) is 4.98 Å². The summed E-state index contributed by atoms with van der Waals surface area (Å²) in [4.78, 5) is 4.72. The molecule has 0 aliphatic carbocycles. The number of thiazole rings is 1. The molecule has 0 saturated heterocycles. The first kappa shape index (κ1) is 8.38. The van der Waals surface area contributed by atoms with Gasteiger partial charge in [-0.25, -0.2) is 9.37 Å². The molecule has 0 fully saturated rings. The monoisotopic (exact) mass is 192 g/mol. The lowest BCUT2D eigenvalue weighted by atomic mass is 10.2. The van der Waals surface area contributed by atoms with E-state index in [4.69, 9.17) is 0 Å². The molecular formula is C10H7FNS. The highest BCUT2D eigenvalue weighted by atomic mass is 32.1. The number of nitrogens with zero attached hydrogens (tertiary/aromatic N) is 1. The molecule has 0 saturated carbocycles. The highest BCUT2D eigenvalue weighted by molar-refractivity contribution is 7.15. The molecule has 0 N–H and O–H groups in total. The zero-order valence-corrected chi connectivity index (χ0v) is 7.86. The predicted octanol–water partition coefficient (Wildman–Crippen LogP) is 3.06. The number of hydrogen-bond acceptors (Lipinski definition) is 2. The van der Waals surface area contributed by atoms with Gasteiger partial charge >= 0.3 is 0 Å². The molecule has 1 aromatic heterocycles. The summed E-state index contributed by atoms with van der Waals surface area (Å²) in [6.45, 7) is 1.88. The van der Waals surface area contributed by atoms with Crippen molar-refractivity contribution < 1.29 is 4.39 Å². The molecule has 0 bridgehead atoms. The Morgan fingerprint density at radius 1 is 1.38 bits per heavy atom. The fraction of sp³-hybridized carbons (Fsp3) is 0.100. The van der Waals surface area contributed by atoms with Gasteiger partial charge in [0, 0.05) is 5.56 Å². The average Bonchev–Trinajstić information content (AvgIpc) is 2.53. The normalized spacial score (nSPS) is 10.3. The first-order valence-electron chi connectivity index (χ1n) is 3.87. The highest BCUT2D eigenvalue weighted by Gasteiger charge is 2.06. The maximum atomic E-state index is 13.2. The molecule has 0 atom stereocenters. The Morgan fingerprint density at radius 3 is 2.77 bits per heavy atom. The van der Waals surface area contributed by atoms with E-state index in [1.807, 2.05) is 6.92 Å². The maximum absolute atomic E-state index is 13.2. The number of halogens is 1. The molecule has 1 nitrogen and oxygen atoms in total. The summed E-state index contributed by atoms with van der Waals surface area (Å²) in [5.74, 6) is -0.220. The fourth-order valence-corrected chi connectivity index (χ4v) is 1.84. The summed E-state index contributed by atoms with van der Waals surface area (Å²) < 4.78 is 13.2. The molecule has 0 amide bonds. The van der Waals surface area contributed by atoms with Crippen molar-refractivity contribution >= 4 is 11.3 Å². The van der Waals surface area contributed by atoms with Gasteiger partial charge in [-0.2, -0.15) is 0 Å². The number of rotatable bonds is 1. The SMILES string of the molecule is Cc1n[c]c(-c2ccccc2F)s1. The van der Waals surface area contributed by atoms with Gasteiger partial charge in [0.05, 0.1) is 9.88 Å². The summed E-state index contributed by atoms with van der Waals surface area (Å²) in [7, 11) is 0. The minimum atomic E-state index is -0.220. The largest absolute Gasteiger partial charge is 0.239 e. The third-order valence-corrected chi connectivity index (χ3v) is 2.59. The van der Waals surface area contributed by atoms with Gasteiger partial charge in [-0.15, -0.1) is 11.3 Å².